The van der Waals surface area contributed by atoms with E-state index in [1.54, 1.807) is 12.1 Å². The van der Waals surface area contributed by atoms with Crippen molar-refractivity contribution in [1.29, 1.82) is 0 Å². The fourth-order valence-corrected chi connectivity index (χ4v) is 4.57. The molecule has 1 aliphatic heterocycles. The van der Waals surface area contributed by atoms with Gasteiger partial charge in [0.2, 0.25) is 0 Å². The normalized spacial score (nSPS) is 27.5. The second-order valence-electron chi connectivity index (χ2n) is 7.72. The maximum atomic E-state index is 12.3. The summed E-state index contributed by atoms with van der Waals surface area (Å²) in [4.78, 5) is 14.9. The van der Waals surface area contributed by atoms with E-state index in [1.165, 1.54) is 32.1 Å². The van der Waals surface area contributed by atoms with Gasteiger partial charge in [-0.15, -0.1) is 0 Å². The molecule has 132 valence electrons. The molecule has 4 heteroatoms. The van der Waals surface area contributed by atoms with Gasteiger partial charge in [-0.05, 0) is 50.2 Å². The Morgan fingerprint density at radius 1 is 1.33 bits per heavy atom. The zero-order valence-electron chi connectivity index (χ0n) is 14.9. The number of fused-ring (bicyclic) bond motifs is 1. The van der Waals surface area contributed by atoms with Gasteiger partial charge >= 0.3 is 0 Å². The van der Waals surface area contributed by atoms with Crippen LogP contribution in [0.4, 0.5) is 0 Å². The van der Waals surface area contributed by atoms with E-state index >= 15 is 0 Å². The highest BCUT2D eigenvalue weighted by molar-refractivity contribution is 5.96. The van der Waals surface area contributed by atoms with Crippen LogP contribution in [-0.4, -0.2) is 41.6 Å². The van der Waals surface area contributed by atoms with Crippen molar-refractivity contribution >= 4 is 5.91 Å². The molecule has 0 bridgehead atoms. The van der Waals surface area contributed by atoms with Gasteiger partial charge in [0.1, 0.15) is 5.75 Å². The molecule has 3 rings (SSSR count). The molecule has 24 heavy (non-hydrogen) atoms. The van der Waals surface area contributed by atoms with Gasteiger partial charge < -0.3 is 10.4 Å². The maximum absolute atomic E-state index is 12.3. The number of rotatable bonds is 4. The highest BCUT2D eigenvalue weighted by Gasteiger charge is 2.35. The van der Waals surface area contributed by atoms with Crippen molar-refractivity contribution < 1.29 is 9.90 Å². The summed E-state index contributed by atoms with van der Waals surface area (Å²) < 4.78 is 0. The van der Waals surface area contributed by atoms with Gasteiger partial charge in [0.15, 0.2) is 0 Å². The molecule has 1 aromatic rings. The molecule has 4 nitrogen and oxygen atoms in total. The standard InChI is InChI=1S/C20H30N2O2/c1-14-7-8-19(23)17(12-14)20(24)21-9-10-22-13-15(2)11-16-5-3-4-6-18(16)22/h7-8,12,15-16,18,23H,3-6,9-11,13H2,1-2H3,(H,21,24)/t15-,16+,18+/m1/s1. The zero-order valence-corrected chi connectivity index (χ0v) is 14.9. The third kappa shape index (κ3) is 3.92. The highest BCUT2D eigenvalue weighted by atomic mass is 16.3. The molecular formula is C20H30N2O2. The number of carbonyl (C=O) groups excluding carboxylic acids is 1. The molecule has 0 radical (unpaired) electrons. The van der Waals surface area contributed by atoms with Crippen molar-refractivity contribution in [3.8, 4) is 5.75 Å². The van der Waals surface area contributed by atoms with Crippen LogP contribution >= 0.6 is 0 Å². The van der Waals surface area contributed by atoms with Crippen LogP contribution in [-0.2, 0) is 0 Å². The monoisotopic (exact) mass is 330 g/mol. The summed E-state index contributed by atoms with van der Waals surface area (Å²) in [5.41, 5.74) is 1.35. The molecule has 1 aliphatic carbocycles. The van der Waals surface area contributed by atoms with Gasteiger partial charge in [0, 0.05) is 25.7 Å². The molecule has 0 aromatic heterocycles. The van der Waals surface area contributed by atoms with Crippen molar-refractivity contribution in [2.75, 3.05) is 19.6 Å². The van der Waals surface area contributed by atoms with E-state index in [9.17, 15) is 9.90 Å². The Labute approximate surface area is 145 Å². The molecular weight excluding hydrogens is 300 g/mol. The van der Waals surface area contributed by atoms with E-state index in [2.05, 4.69) is 17.1 Å². The van der Waals surface area contributed by atoms with Crippen molar-refractivity contribution in [2.45, 2.75) is 52.0 Å². The number of nitrogens with one attached hydrogen (secondary N) is 1. The first-order chi connectivity index (χ1) is 11.5. The number of piperidine rings is 1. The van der Waals surface area contributed by atoms with Crippen molar-refractivity contribution in [2.24, 2.45) is 11.8 Å². The average Bonchev–Trinajstić information content (AvgIpc) is 2.56. The van der Waals surface area contributed by atoms with Crippen molar-refractivity contribution in [3.05, 3.63) is 29.3 Å². The third-order valence-corrected chi connectivity index (χ3v) is 5.67. The van der Waals surface area contributed by atoms with E-state index in [1.807, 2.05) is 13.0 Å². The molecule has 0 spiro atoms. The minimum Gasteiger partial charge on any atom is -0.507 e. The predicted molar refractivity (Wildman–Crippen MR) is 96.3 cm³/mol. The van der Waals surface area contributed by atoms with Crippen LogP contribution in [0.5, 0.6) is 5.75 Å². The summed E-state index contributed by atoms with van der Waals surface area (Å²) in [6.45, 7) is 6.97. The number of likely N-dealkylation sites (tertiary alicyclic amines) is 1. The Morgan fingerprint density at radius 2 is 2.12 bits per heavy atom. The van der Waals surface area contributed by atoms with Gasteiger partial charge in [-0.2, -0.15) is 0 Å². The fraction of sp³-hybridized carbons (Fsp3) is 0.650. The third-order valence-electron chi connectivity index (χ3n) is 5.67. The Hall–Kier alpha value is -1.55. The topological polar surface area (TPSA) is 52.6 Å². The maximum Gasteiger partial charge on any atom is 0.255 e. The number of nitrogens with zero attached hydrogens (tertiary/aromatic N) is 1. The molecule has 1 saturated heterocycles. The second-order valence-corrected chi connectivity index (χ2v) is 7.72. The first-order valence-electron chi connectivity index (χ1n) is 9.36. The molecule has 0 unspecified atom stereocenters. The van der Waals surface area contributed by atoms with Gasteiger partial charge in [-0.1, -0.05) is 31.4 Å². The van der Waals surface area contributed by atoms with E-state index in [4.69, 9.17) is 0 Å². The minimum absolute atomic E-state index is 0.0528. The number of hydrogen-bond acceptors (Lipinski definition) is 3. The summed E-state index contributed by atoms with van der Waals surface area (Å²) in [5, 5.41) is 12.9. The lowest BCUT2D eigenvalue weighted by molar-refractivity contribution is 0.0343. The van der Waals surface area contributed by atoms with Crippen LogP contribution in [0.15, 0.2) is 18.2 Å². The molecule has 2 N–H and O–H groups in total. The Balaban J connectivity index is 1.55. The molecule has 1 heterocycles. The largest absolute Gasteiger partial charge is 0.507 e. The van der Waals surface area contributed by atoms with Gasteiger partial charge in [-0.25, -0.2) is 0 Å². The summed E-state index contributed by atoms with van der Waals surface area (Å²) in [6.07, 6.45) is 6.77. The summed E-state index contributed by atoms with van der Waals surface area (Å²) in [5.74, 6) is 1.47. The first kappa shape index (κ1) is 17.3. The van der Waals surface area contributed by atoms with Gasteiger partial charge in [-0.3, -0.25) is 9.69 Å². The number of aromatic hydroxyl groups is 1. The van der Waals surface area contributed by atoms with Crippen LogP contribution < -0.4 is 5.32 Å². The molecule has 1 amide bonds. The number of phenols is 1. The molecule has 3 atom stereocenters. The fourth-order valence-electron chi connectivity index (χ4n) is 4.57. The first-order valence-corrected chi connectivity index (χ1v) is 9.36. The number of carbonyl (C=O) groups is 1. The summed E-state index contributed by atoms with van der Waals surface area (Å²) >= 11 is 0. The number of phenolic OH excluding ortho intramolecular Hbond substituents is 1. The molecule has 1 saturated carbocycles. The van der Waals surface area contributed by atoms with Crippen LogP contribution in [0.1, 0.15) is 54.9 Å². The molecule has 2 fully saturated rings. The van der Waals surface area contributed by atoms with E-state index in [0.29, 0.717) is 18.2 Å². The van der Waals surface area contributed by atoms with E-state index < -0.39 is 0 Å². The molecule has 1 aromatic carbocycles. The van der Waals surface area contributed by atoms with Crippen LogP contribution in [0.3, 0.4) is 0 Å². The van der Waals surface area contributed by atoms with Crippen LogP contribution in [0.2, 0.25) is 0 Å². The summed E-state index contributed by atoms with van der Waals surface area (Å²) in [6, 6.07) is 5.84. The van der Waals surface area contributed by atoms with Crippen molar-refractivity contribution in [1.82, 2.24) is 10.2 Å². The Kier molecular flexibility index (Phi) is 5.44. The van der Waals surface area contributed by atoms with Crippen molar-refractivity contribution in [3.63, 3.8) is 0 Å². The van der Waals surface area contributed by atoms with Crippen LogP contribution in [0, 0.1) is 18.8 Å². The second kappa shape index (κ2) is 7.56. The molecule has 2 aliphatic rings. The minimum atomic E-state index is -0.179. The lowest BCUT2D eigenvalue weighted by Gasteiger charge is -2.46. The Morgan fingerprint density at radius 3 is 2.96 bits per heavy atom. The average molecular weight is 330 g/mol. The number of benzene rings is 1. The zero-order chi connectivity index (χ0) is 17.1. The van der Waals surface area contributed by atoms with E-state index in [0.717, 1.165) is 30.5 Å². The van der Waals surface area contributed by atoms with Crippen LogP contribution in [0.25, 0.3) is 0 Å². The lowest BCUT2D eigenvalue weighted by Crippen LogP contribution is -2.51. The SMILES string of the molecule is Cc1ccc(O)c(C(=O)NCCN2C[C@H](C)C[C@@H]3CCCC[C@@H]32)c1. The van der Waals surface area contributed by atoms with Gasteiger partial charge in [0.25, 0.3) is 5.91 Å². The number of hydrogen-bond donors (Lipinski definition) is 2. The van der Waals surface area contributed by atoms with E-state index in [-0.39, 0.29) is 11.7 Å². The number of aryl methyl sites for hydroxylation is 1. The Bertz CT molecular complexity index is 587. The smallest absolute Gasteiger partial charge is 0.255 e. The van der Waals surface area contributed by atoms with Gasteiger partial charge in [0.05, 0.1) is 5.56 Å². The predicted octanol–water partition coefficient (Wildman–Crippen LogP) is 3.33. The lowest BCUT2D eigenvalue weighted by atomic mass is 9.75. The quantitative estimate of drug-likeness (QED) is 0.890. The highest BCUT2D eigenvalue weighted by Crippen LogP contribution is 2.37. The summed E-state index contributed by atoms with van der Waals surface area (Å²) in [7, 11) is 0. The number of amides is 1.